The quantitative estimate of drug-likeness (QED) is 0.834. The highest BCUT2D eigenvalue weighted by Crippen LogP contribution is 2.20. The third-order valence-corrected chi connectivity index (χ3v) is 3.55. The first-order valence-corrected chi connectivity index (χ1v) is 6.25. The van der Waals surface area contributed by atoms with Gasteiger partial charge >= 0.3 is 0 Å². The van der Waals surface area contributed by atoms with Gasteiger partial charge in [0.2, 0.25) is 0 Å². The fourth-order valence-electron chi connectivity index (χ4n) is 2.17. The lowest BCUT2D eigenvalue weighted by molar-refractivity contribution is 0.182. The van der Waals surface area contributed by atoms with E-state index in [0.29, 0.717) is 6.04 Å². The van der Waals surface area contributed by atoms with Crippen molar-refractivity contribution in [1.82, 2.24) is 10.2 Å². The Hall–Kier alpha value is -1.06. The number of hydrogen-bond acceptors (Lipinski definition) is 3. The Labute approximate surface area is 104 Å². The summed E-state index contributed by atoms with van der Waals surface area (Å²) in [5.74, 6) is 1.01. The molecule has 1 aromatic rings. The predicted octanol–water partition coefficient (Wildman–Crippen LogP) is 1.45. The van der Waals surface area contributed by atoms with Crippen LogP contribution < -0.4 is 10.1 Å². The van der Waals surface area contributed by atoms with Gasteiger partial charge in [0.1, 0.15) is 5.75 Å². The maximum Gasteiger partial charge on any atom is 0.122 e. The predicted molar refractivity (Wildman–Crippen MR) is 70.7 cm³/mol. The first kappa shape index (κ1) is 12.4. The molecule has 0 bridgehead atoms. The fourth-order valence-corrected chi connectivity index (χ4v) is 2.17. The van der Waals surface area contributed by atoms with E-state index >= 15 is 0 Å². The molecule has 1 saturated heterocycles. The summed E-state index contributed by atoms with van der Waals surface area (Å²) in [6, 6.07) is 7.11. The van der Waals surface area contributed by atoms with Gasteiger partial charge in [-0.1, -0.05) is 17.7 Å². The van der Waals surface area contributed by atoms with Gasteiger partial charge in [-0.05, 0) is 32.0 Å². The van der Waals surface area contributed by atoms with E-state index in [2.05, 4.69) is 42.4 Å². The van der Waals surface area contributed by atoms with E-state index in [9.17, 15) is 0 Å². The molecule has 1 aliphatic heterocycles. The second-order valence-electron chi connectivity index (χ2n) is 4.86. The summed E-state index contributed by atoms with van der Waals surface area (Å²) in [4.78, 5) is 2.43. The molecule has 1 heterocycles. The molecule has 0 saturated carbocycles. The zero-order valence-corrected chi connectivity index (χ0v) is 11.0. The van der Waals surface area contributed by atoms with Gasteiger partial charge in [-0.2, -0.15) is 0 Å². The first-order chi connectivity index (χ1) is 8.20. The molecule has 0 radical (unpaired) electrons. The first-order valence-electron chi connectivity index (χ1n) is 6.25. The van der Waals surface area contributed by atoms with E-state index in [0.717, 1.165) is 31.8 Å². The summed E-state index contributed by atoms with van der Waals surface area (Å²) < 4.78 is 5.40. The van der Waals surface area contributed by atoms with Gasteiger partial charge in [0.15, 0.2) is 0 Å². The Morgan fingerprint density at radius 2 is 2.18 bits per heavy atom. The van der Waals surface area contributed by atoms with Crippen LogP contribution in [0.15, 0.2) is 18.2 Å². The Balaban J connectivity index is 1.94. The summed E-state index contributed by atoms with van der Waals surface area (Å²) in [6.07, 6.45) is 1.05. The van der Waals surface area contributed by atoms with Crippen molar-refractivity contribution >= 4 is 0 Å². The molecular weight excluding hydrogens is 212 g/mol. The number of likely N-dealkylation sites (N-methyl/N-ethyl adjacent to an activating group) is 1. The molecule has 0 spiro atoms. The second kappa shape index (κ2) is 5.52. The molecule has 0 aliphatic carbocycles. The van der Waals surface area contributed by atoms with E-state index in [1.54, 1.807) is 7.11 Å². The average molecular weight is 234 g/mol. The molecule has 1 aliphatic rings. The number of ether oxygens (including phenoxy) is 1. The van der Waals surface area contributed by atoms with Crippen molar-refractivity contribution < 1.29 is 4.74 Å². The number of methoxy groups -OCH3 is 1. The summed E-state index contributed by atoms with van der Waals surface area (Å²) in [5, 5.41) is 3.31. The van der Waals surface area contributed by atoms with Gasteiger partial charge in [-0.15, -0.1) is 0 Å². The van der Waals surface area contributed by atoms with E-state index in [1.165, 1.54) is 11.1 Å². The smallest absolute Gasteiger partial charge is 0.122 e. The molecule has 2 rings (SSSR count). The van der Waals surface area contributed by atoms with E-state index in [-0.39, 0.29) is 0 Å². The molecule has 17 heavy (non-hydrogen) atoms. The van der Waals surface area contributed by atoms with Gasteiger partial charge in [-0.25, -0.2) is 0 Å². The van der Waals surface area contributed by atoms with Crippen LogP contribution in [0.25, 0.3) is 0 Å². The van der Waals surface area contributed by atoms with Crippen LogP contribution >= 0.6 is 0 Å². The Morgan fingerprint density at radius 1 is 1.41 bits per heavy atom. The molecule has 0 aromatic heterocycles. The fraction of sp³-hybridized carbons (Fsp3) is 0.571. The van der Waals surface area contributed by atoms with E-state index < -0.39 is 0 Å². The largest absolute Gasteiger partial charge is 0.496 e. The van der Waals surface area contributed by atoms with Crippen molar-refractivity contribution in [3.8, 4) is 5.75 Å². The maximum atomic E-state index is 5.40. The zero-order chi connectivity index (χ0) is 12.3. The van der Waals surface area contributed by atoms with Gasteiger partial charge in [0.05, 0.1) is 7.11 Å². The van der Waals surface area contributed by atoms with Gasteiger partial charge in [0, 0.05) is 25.7 Å². The molecule has 1 fully saturated rings. The molecule has 1 aromatic carbocycles. The highest BCUT2D eigenvalue weighted by atomic mass is 16.5. The minimum atomic E-state index is 0.714. The highest BCUT2D eigenvalue weighted by molar-refractivity contribution is 5.37. The molecule has 0 unspecified atom stereocenters. The van der Waals surface area contributed by atoms with Gasteiger partial charge in [0.25, 0.3) is 0 Å². The summed E-state index contributed by atoms with van der Waals surface area (Å²) in [5.41, 5.74) is 2.61. The number of nitrogens with one attached hydrogen (secondary N) is 1. The van der Waals surface area contributed by atoms with Crippen LogP contribution in [-0.2, 0) is 6.42 Å². The third-order valence-electron chi connectivity index (χ3n) is 3.55. The highest BCUT2D eigenvalue weighted by Gasteiger charge is 2.21. The molecule has 0 atom stereocenters. The van der Waals surface area contributed by atoms with Crippen LogP contribution in [0, 0.1) is 6.92 Å². The lowest BCUT2D eigenvalue weighted by Gasteiger charge is -2.35. The van der Waals surface area contributed by atoms with E-state index in [4.69, 9.17) is 4.74 Å². The molecule has 3 heteroatoms. The van der Waals surface area contributed by atoms with E-state index in [1.807, 2.05) is 0 Å². The maximum absolute atomic E-state index is 5.40. The van der Waals surface area contributed by atoms with Crippen LogP contribution in [0.2, 0.25) is 0 Å². The van der Waals surface area contributed by atoms with Crippen molar-refractivity contribution in [3.63, 3.8) is 0 Å². The lowest BCUT2D eigenvalue weighted by Crippen LogP contribution is -2.56. The van der Waals surface area contributed by atoms with Crippen LogP contribution in [0.3, 0.4) is 0 Å². The number of hydrogen-bond donors (Lipinski definition) is 1. The average Bonchev–Trinajstić information content (AvgIpc) is 2.24. The molecule has 0 amide bonds. The van der Waals surface area contributed by atoms with Crippen molar-refractivity contribution in [1.29, 1.82) is 0 Å². The minimum absolute atomic E-state index is 0.714. The SMILES string of the molecule is COc1ccc(C)cc1CCN(C)C1CNC1. The van der Waals surface area contributed by atoms with Crippen LogP contribution in [0.4, 0.5) is 0 Å². The van der Waals surface area contributed by atoms with Crippen molar-refractivity contribution in [2.45, 2.75) is 19.4 Å². The number of aryl methyl sites for hydroxylation is 1. The number of benzene rings is 1. The molecule has 1 N–H and O–H groups in total. The summed E-state index contributed by atoms with van der Waals surface area (Å²) >= 11 is 0. The molecule has 3 nitrogen and oxygen atoms in total. The van der Waals surface area contributed by atoms with Crippen LogP contribution in [-0.4, -0.2) is 44.7 Å². The van der Waals surface area contributed by atoms with Crippen molar-refractivity contribution in [2.75, 3.05) is 33.8 Å². The van der Waals surface area contributed by atoms with Crippen molar-refractivity contribution in [3.05, 3.63) is 29.3 Å². The van der Waals surface area contributed by atoms with Crippen LogP contribution in [0.1, 0.15) is 11.1 Å². The summed E-state index contributed by atoms with van der Waals surface area (Å²) in [6.45, 7) is 5.47. The van der Waals surface area contributed by atoms with Crippen molar-refractivity contribution in [2.24, 2.45) is 0 Å². The second-order valence-corrected chi connectivity index (χ2v) is 4.86. The Morgan fingerprint density at radius 3 is 2.76 bits per heavy atom. The molecule has 94 valence electrons. The summed E-state index contributed by atoms with van der Waals surface area (Å²) in [7, 11) is 3.95. The Bertz CT molecular complexity index is 374. The van der Waals surface area contributed by atoms with Gasteiger partial charge in [-0.3, -0.25) is 0 Å². The minimum Gasteiger partial charge on any atom is -0.496 e. The Kier molecular flexibility index (Phi) is 4.02. The standard InChI is InChI=1S/C14H22N2O/c1-11-4-5-14(17-3)12(8-11)6-7-16(2)13-9-15-10-13/h4-5,8,13,15H,6-7,9-10H2,1-3H3. The van der Waals surface area contributed by atoms with Crippen LogP contribution in [0.5, 0.6) is 5.75 Å². The normalized spacial score (nSPS) is 16.0. The lowest BCUT2D eigenvalue weighted by atomic mass is 10.1. The molecular formula is C14H22N2O. The number of nitrogens with zero attached hydrogens (tertiary/aromatic N) is 1. The van der Waals surface area contributed by atoms with Gasteiger partial charge < -0.3 is 15.0 Å². The number of rotatable bonds is 5. The topological polar surface area (TPSA) is 24.5 Å². The third kappa shape index (κ3) is 2.99. The zero-order valence-electron chi connectivity index (χ0n) is 11.0. The monoisotopic (exact) mass is 234 g/mol.